The zero-order valence-corrected chi connectivity index (χ0v) is 18.9. The molecule has 1 heterocycles. The van der Waals surface area contributed by atoms with E-state index in [1.165, 1.54) is 12.1 Å². The fourth-order valence-corrected chi connectivity index (χ4v) is 3.31. The number of nitrogens with one attached hydrogen (secondary N) is 1. The highest BCUT2D eigenvalue weighted by Crippen LogP contribution is 2.37. The lowest BCUT2D eigenvalue weighted by Crippen LogP contribution is -2.46. The maximum Gasteiger partial charge on any atom is 0.497 e. The average Bonchev–Trinajstić information content (AvgIpc) is 2.83. The van der Waals surface area contributed by atoms with Gasteiger partial charge in [0.2, 0.25) is 0 Å². The number of alkyl halides is 3. The summed E-state index contributed by atoms with van der Waals surface area (Å²) in [5, 5.41) is 2.31. The Hall–Kier alpha value is -1.65. The van der Waals surface area contributed by atoms with E-state index in [1.54, 1.807) is 41.5 Å². The van der Waals surface area contributed by atoms with Crippen LogP contribution in [0, 0.1) is 11.7 Å². The summed E-state index contributed by atoms with van der Waals surface area (Å²) in [5.74, 6) is -1.75. The molecule has 0 bridgehead atoms. The fourth-order valence-electron chi connectivity index (χ4n) is 3.31. The fraction of sp³-hybridized carbons (Fsp3) is 0.667. The Morgan fingerprint density at radius 3 is 2.13 bits per heavy atom. The summed E-state index contributed by atoms with van der Waals surface area (Å²) in [6.07, 6.45) is -4.63. The average molecular weight is 447 g/mol. The summed E-state index contributed by atoms with van der Waals surface area (Å²) in [5.41, 5.74) is -1.79. The zero-order chi connectivity index (χ0) is 23.8. The number of halogens is 4. The van der Waals surface area contributed by atoms with Crippen LogP contribution in [0.5, 0.6) is 0 Å². The molecule has 0 spiro atoms. The molecular formula is C21H30BF4NO4. The van der Waals surface area contributed by atoms with Crippen molar-refractivity contribution < 1.29 is 36.4 Å². The molecule has 1 saturated heterocycles. The lowest BCUT2D eigenvalue weighted by molar-refractivity contribution is -0.164. The summed E-state index contributed by atoms with van der Waals surface area (Å²) in [7, 11) is 0.0685. The Labute approximate surface area is 181 Å². The van der Waals surface area contributed by atoms with Gasteiger partial charge in [0.25, 0.3) is 0 Å². The van der Waals surface area contributed by atoms with E-state index in [0.717, 1.165) is 13.2 Å². The van der Waals surface area contributed by atoms with Crippen molar-refractivity contribution in [3.8, 4) is 0 Å². The van der Waals surface area contributed by atoms with Gasteiger partial charge in [-0.2, -0.15) is 13.2 Å². The minimum Gasteiger partial charge on any atom is -0.468 e. The van der Waals surface area contributed by atoms with Crippen LogP contribution in [0.3, 0.4) is 0 Å². The van der Waals surface area contributed by atoms with Gasteiger partial charge in [-0.05, 0) is 51.7 Å². The van der Waals surface area contributed by atoms with E-state index in [4.69, 9.17) is 9.31 Å². The van der Waals surface area contributed by atoms with E-state index in [9.17, 15) is 22.4 Å². The molecule has 1 N–H and O–H groups in total. The maximum absolute atomic E-state index is 14.9. The molecule has 174 valence electrons. The van der Waals surface area contributed by atoms with E-state index >= 15 is 0 Å². The minimum atomic E-state index is -4.76. The van der Waals surface area contributed by atoms with Gasteiger partial charge in [0.05, 0.1) is 18.3 Å². The third kappa shape index (κ3) is 5.78. The van der Waals surface area contributed by atoms with E-state index in [1.807, 2.05) is 0 Å². The molecule has 0 aromatic heterocycles. The van der Waals surface area contributed by atoms with Crippen molar-refractivity contribution in [2.75, 3.05) is 7.11 Å². The molecule has 0 saturated carbocycles. The van der Waals surface area contributed by atoms with Gasteiger partial charge in [0, 0.05) is 5.46 Å². The predicted molar refractivity (Wildman–Crippen MR) is 109 cm³/mol. The van der Waals surface area contributed by atoms with Gasteiger partial charge in [-0.3, -0.25) is 10.1 Å². The van der Waals surface area contributed by atoms with Crippen LogP contribution < -0.4 is 10.8 Å². The molecule has 2 rings (SSSR count). The van der Waals surface area contributed by atoms with Crippen molar-refractivity contribution in [3.05, 3.63) is 29.6 Å². The second kappa shape index (κ2) is 9.07. The first-order valence-corrected chi connectivity index (χ1v) is 10.1. The van der Waals surface area contributed by atoms with Gasteiger partial charge >= 0.3 is 19.3 Å². The molecular weight excluding hydrogens is 417 g/mol. The van der Waals surface area contributed by atoms with Gasteiger partial charge in [-0.15, -0.1) is 0 Å². The zero-order valence-electron chi connectivity index (χ0n) is 18.9. The van der Waals surface area contributed by atoms with Crippen LogP contribution in [-0.4, -0.2) is 43.6 Å². The van der Waals surface area contributed by atoms with Crippen LogP contribution in [0.1, 0.15) is 59.6 Å². The number of benzene rings is 1. The predicted octanol–water partition coefficient (Wildman–Crippen LogP) is 3.91. The molecule has 1 aliphatic heterocycles. The minimum absolute atomic E-state index is 0.00928. The summed E-state index contributed by atoms with van der Waals surface area (Å²) < 4.78 is 72.6. The number of hydrogen-bond acceptors (Lipinski definition) is 5. The second-order valence-electron chi connectivity index (χ2n) is 9.22. The van der Waals surface area contributed by atoms with Crippen molar-refractivity contribution in [1.82, 2.24) is 5.32 Å². The summed E-state index contributed by atoms with van der Waals surface area (Å²) in [6, 6.07) is -0.254. The van der Waals surface area contributed by atoms with Crippen LogP contribution in [0.4, 0.5) is 17.6 Å². The number of hydrogen-bond donors (Lipinski definition) is 1. The topological polar surface area (TPSA) is 56.8 Å². The molecule has 5 nitrogen and oxygen atoms in total. The quantitative estimate of drug-likeness (QED) is 0.391. The Kier molecular flexibility index (Phi) is 7.50. The standard InChI is InChI=1S/C21H30BF4NO4/c1-12(2)10-16(18(28)29-7)27-17(21(24,25)26)13-8-9-14(15(23)11-13)22-30-19(3,4)20(5,6)31-22/h8-9,11-12,16-17,27H,10H2,1-7H3/t16-,17?/m0/s1. The van der Waals surface area contributed by atoms with Gasteiger partial charge in [0.1, 0.15) is 17.9 Å². The molecule has 1 aromatic carbocycles. The number of esters is 1. The Bertz CT molecular complexity index is 782. The Morgan fingerprint density at radius 1 is 1.16 bits per heavy atom. The summed E-state index contributed by atoms with van der Waals surface area (Å²) in [4.78, 5) is 12.0. The lowest BCUT2D eigenvalue weighted by atomic mass is 9.78. The Morgan fingerprint density at radius 2 is 1.71 bits per heavy atom. The first-order valence-electron chi connectivity index (χ1n) is 10.1. The van der Waals surface area contributed by atoms with Gasteiger partial charge in [-0.1, -0.05) is 26.0 Å². The number of carbonyl (C=O) groups excluding carboxylic acids is 1. The maximum atomic E-state index is 14.9. The number of carbonyl (C=O) groups is 1. The molecule has 1 aliphatic rings. The number of ether oxygens (including phenoxy) is 1. The van der Waals surface area contributed by atoms with E-state index in [0.29, 0.717) is 0 Å². The molecule has 2 atom stereocenters. The van der Waals surface area contributed by atoms with Crippen LogP contribution in [0.2, 0.25) is 0 Å². The highest BCUT2D eigenvalue weighted by atomic mass is 19.4. The molecule has 1 aromatic rings. The van der Waals surface area contributed by atoms with Crippen molar-refractivity contribution in [2.24, 2.45) is 5.92 Å². The normalized spacial score (nSPS) is 20.1. The molecule has 10 heteroatoms. The van der Waals surface area contributed by atoms with Crippen LogP contribution in [0.15, 0.2) is 18.2 Å². The monoisotopic (exact) mass is 447 g/mol. The second-order valence-corrected chi connectivity index (χ2v) is 9.22. The summed E-state index contributed by atoms with van der Waals surface area (Å²) >= 11 is 0. The van der Waals surface area contributed by atoms with Gasteiger partial charge < -0.3 is 14.0 Å². The SMILES string of the molecule is COC(=O)[C@H](CC(C)C)NC(c1ccc(B2OC(C)(C)C(C)(C)O2)c(F)c1)C(F)(F)F. The van der Waals surface area contributed by atoms with Crippen molar-refractivity contribution in [3.63, 3.8) is 0 Å². The van der Waals surface area contributed by atoms with Crippen LogP contribution >= 0.6 is 0 Å². The third-order valence-electron chi connectivity index (χ3n) is 5.75. The van der Waals surface area contributed by atoms with Crippen LogP contribution in [-0.2, 0) is 18.8 Å². The molecule has 1 unspecified atom stereocenters. The largest absolute Gasteiger partial charge is 0.497 e. The first-order chi connectivity index (χ1) is 14.1. The van der Waals surface area contributed by atoms with E-state index < -0.39 is 48.4 Å². The molecule has 31 heavy (non-hydrogen) atoms. The summed E-state index contributed by atoms with van der Waals surface area (Å²) in [6.45, 7) is 10.7. The smallest absolute Gasteiger partial charge is 0.468 e. The van der Waals surface area contributed by atoms with Crippen LogP contribution in [0.25, 0.3) is 0 Å². The third-order valence-corrected chi connectivity index (χ3v) is 5.75. The molecule has 0 radical (unpaired) electrons. The highest BCUT2D eigenvalue weighted by molar-refractivity contribution is 6.62. The lowest BCUT2D eigenvalue weighted by Gasteiger charge is -2.32. The van der Waals surface area contributed by atoms with E-state index in [2.05, 4.69) is 10.1 Å². The van der Waals surface area contributed by atoms with Gasteiger partial charge in [0.15, 0.2) is 0 Å². The van der Waals surface area contributed by atoms with Gasteiger partial charge in [-0.25, -0.2) is 4.39 Å². The first kappa shape index (κ1) is 25.6. The van der Waals surface area contributed by atoms with Crippen molar-refractivity contribution >= 4 is 18.6 Å². The highest BCUT2D eigenvalue weighted by Gasteiger charge is 2.52. The number of rotatable bonds is 7. The molecule has 0 amide bonds. The molecule has 0 aliphatic carbocycles. The Balaban J connectivity index is 2.35. The van der Waals surface area contributed by atoms with Crippen molar-refractivity contribution in [2.45, 2.75) is 77.4 Å². The molecule has 1 fully saturated rings. The number of methoxy groups -OCH3 is 1. The van der Waals surface area contributed by atoms with E-state index in [-0.39, 0.29) is 23.4 Å². The van der Waals surface area contributed by atoms with Crippen molar-refractivity contribution in [1.29, 1.82) is 0 Å².